The molecule has 0 aliphatic carbocycles. The van der Waals surface area contributed by atoms with Gasteiger partial charge in [-0.05, 0) is 23.6 Å². The van der Waals surface area contributed by atoms with E-state index in [0.29, 0.717) is 18.2 Å². The van der Waals surface area contributed by atoms with Crippen LogP contribution in [0.4, 0.5) is 5.69 Å². The maximum Gasteiger partial charge on any atom is 0.232 e. The van der Waals surface area contributed by atoms with E-state index in [1.165, 1.54) is 10.6 Å². The number of carbonyl (C=O) groups excluding carboxylic acids is 1. The third-order valence-electron chi connectivity index (χ3n) is 4.64. The number of sulfonamides is 1. The summed E-state index contributed by atoms with van der Waals surface area (Å²) in [5.41, 5.74) is 1.73. The van der Waals surface area contributed by atoms with E-state index in [-0.39, 0.29) is 18.9 Å². The van der Waals surface area contributed by atoms with Crippen LogP contribution in [0.25, 0.3) is 0 Å². The van der Waals surface area contributed by atoms with E-state index in [0.717, 1.165) is 38.4 Å². The van der Waals surface area contributed by atoms with Crippen molar-refractivity contribution in [3.8, 4) is 0 Å². The lowest BCUT2D eigenvalue weighted by molar-refractivity contribution is -0.120. The number of morpholine rings is 1. The number of nitrogens with one attached hydrogen (secondary N) is 1. The summed E-state index contributed by atoms with van der Waals surface area (Å²) in [7, 11) is -3.45. The molecule has 1 fully saturated rings. The third-order valence-corrected chi connectivity index (χ3v) is 5.84. The first-order chi connectivity index (χ1) is 12.8. The highest BCUT2D eigenvalue weighted by molar-refractivity contribution is 7.92. The Morgan fingerprint density at radius 1 is 1.22 bits per heavy atom. The molecule has 1 aliphatic heterocycles. The van der Waals surface area contributed by atoms with Crippen LogP contribution >= 0.6 is 0 Å². The van der Waals surface area contributed by atoms with Gasteiger partial charge in [0.1, 0.15) is 0 Å². The average Bonchev–Trinajstić information content (AvgIpc) is 2.62. The van der Waals surface area contributed by atoms with Crippen LogP contribution in [0.1, 0.15) is 31.7 Å². The topological polar surface area (TPSA) is 79.0 Å². The minimum absolute atomic E-state index is 0.127. The molecule has 1 N–H and O–H groups in total. The van der Waals surface area contributed by atoms with Crippen molar-refractivity contribution in [2.75, 3.05) is 56.5 Å². The standard InChI is InChI=1S/C19H31N3O4S/c1-16(2)17-4-6-18(7-5-17)22(27(3,24)25)10-8-19(23)20-9-11-21-12-14-26-15-13-21/h4-7,16H,8-15H2,1-3H3,(H,20,23). The van der Waals surface area contributed by atoms with Crippen LogP contribution in [0.15, 0.2) is 24.3 Å². The van der Waals surface area contributed by atoms with Gasteiger partial charge in [0.05, 0.1) is 25.2 Å². The summed E-state index contributed by atoms with van der Waals surface area (Å²) in [5.74, 6) is 0.235. The van der Waals surface area contributed by atoms with Crippen LogP contribution in [0, 0.1) is 0 Å². The van der Waals surface area contributed by atoms with Gasteiger partial charge in [0.2, 0.25) is 15.9 Å². The van der Waals surface area contributed by atoms with Crippen molar-refractivity contribution >= 4 is 21.6 Å². The molecule has 1 saturated heterocycles. The molecule has 0 saturated carbocycles. The number of ether oxygens (including phenoxy) is 1. The molecular formula is C19H31N3O4S. The van der Waals surface area contributed by atoms with Crippen molar-refractivity contribution in [2.45, 2.75) is 26.2 Å². The van der Waals surface area contributed by atoms with Crippen LogP contribution in [-0.4, -0.2) is 71.4 Å². The highest BCUT2D eigenvalue weighted by atomic mass is 32.2. The highest BCUT2D eigenvalue weighted by Crippen LogP contribution is 2.22. The fourth-order valence-electron chi connectivity index (χ4n) is 2.98. The van der Waals surface area contributed by atoms with E-state index in [1.807, 2.05) is 12.1 Å². The number of hydrogen-bond acceptors (Lipinski definition) is 5. The van der Waals surface area contributed by atoms with Gasteiger partial charge in [0, 0.05) is 39.1 Å². The molecule has 0 spiro atoms. The molecule has 0 bridgehead atoms. The zero-order chi connectivity index (χ0) is 19.9. The molecule has 27 heavy (non-hydrogen) atoms. The normalized spacial score (nSPS) is 15.7. The van der Waals surface area contributed by atoms with Gasteiger partial charge in [-0.3, -0.25) is 14.0 Å². The number of nitrogens with zero attached hydrogens (tertiary/aromatic N) is 2. The molecule has 0 atom stereocenters. The highest BCUT2D eigenvalue weighted by Gasteiger charge is 2.19. The van der Waals surface area contributed by atoms with E-state index in [4.69, 9.17) is 4.74 Å². The molecule has 1 amide bonds. The molecule has 7 nitrogen and oxygen atoms in total. The molecule has 0 aromatic heterocycles. The molecular weight excluding hydrogens is 366 g/mol. The van der Waals surface area contributed by atoms with Crippen LogP contribution in [0.2, 0.25) is 0 Å². The number of benzene rings is 1. The van der Waals surface area contributed by atoms with Gasteiger partial charge >= 0.3 is 0 Å². The van der Waals surface area contributed by atoms with Crippen molar-refractivity contribution in [2.24, 2.45) is 0 Å². The van der Waals surface area contributed by atoms with E-state index in [2.05, 4.69) is 24.1 Å². The zero-order valence-corrected chi connectivity index (χ0v) is 17.3. The Morgan fingerprint density at radius 2 is 1.85 bits per heavy atom. The lowest BCUT2D eigenvalue weighted by atomic mass is 10.0. The minimum Gasteiger partial charge on any atom is -0.379 e. The summed E-state index contributed by atoms with van der Waals surface area (Å²) in [6, 6.07) is 7.46. The lowest BCUT2D eigenvalue weighted by Crippen LogP contribution is -2.42. The number of anilines is 1. The summed E-state index contributed by atoms with van der Waals surface area (Å²) in [5, 5.41) is 2.87. The molecule has 1 aromatic rings. The number of rotatable bonds is 9. The molecule has 1 heterocycles. The second-order valence-electron chi connectivity index (χ2n) is 7.14. The SMILES string of the molecule is CC(C)c1ccc(N(CCC(=O)NCCN2CCOCC2)S(C)(=O)=O)cc1. The molecule has 8 heteroatoms. The molecule has 152 valence electrons. The third kappa shape index (κ3) is 7.12. The number of amides is 1. The van der Waals surface area contributed by atoms with Crippen LogP contribution in [0.3, 0.4) is 0 Å². The fraction of sp³-hybridized carbons (Fsp3) is 0.632. The van der Waals surface area contributed by atoms with Crippen molar-refractivity contribution in [3.05, 3.63) is 29.8 Å². The quantitative estimate of drug-likeness (QED) is 0.682. The Bertz CT molecular complexity index is 698. The maximum absolute atomic E-state index is 12.2. The number of hydrogen-bond donors (Lipinski definition) is 1. The van der Waals surface area contributed by atoms with E-state index in [1.54, 1.807) is 12.1 Å². The summed E-state index contributed by atoms with van der Waals surface area (Å²) < 4.78 is 30.9. The van der Waals surface area contributed by atoms with Gasteiger partial charge in [-0.1, -0.05) is 26.0 Å². The zero-order valence-electron chi connectivity index (χ0n) is 16.5. The number of carbonyl (C=O) groups is 1. The van der Waals surface area contributed by atoms with Gasteiger partial charge in [-0.15, -0.1) is 0 Å². The first kappa shape index (κ1) is 21.7. The average molecular weight is 398 g/mol. The van der Waals surface area contributed by atoms with E-state index >= 15 is 0 Å². The van der Waals surface area contributed by atoms with Gasteiger partial charge in [-0.25, -0.2) is 8.42 Å². The van der Waals surface area contributed by atoms with Crippen molar-refractivity contribution < 1.29 is 17.9 Å². The Labute approximate surface area is 162 Å². The molecule has 2 rings (SSSR count). The second kappa shape index (κ2) is 10.1. The largest absolute Gasteiger partial charge is 0.379 e. The Morgan fingerprint density at radius 3 is 2.41 bits per heavy atom. The van der Waals surface area contributed by atoms with Crippen LogP contribution in [0.5, 0.6) is 0 Å². The van der Waals surface area contributed by atoms with Crippen molar-refractivity contribution in [1.29, 1.82) is 0 Å². The second-order valence-corrected chi connectivity index (χ2v) is 9.04. The van der Waals surface area contributed by atoms with Crippen LogP contribution < -0.4 is 9.62 Å². The van der Waals surface area contributed by atoms with Crippen molar-refractivity contribution in [1.82, 2.24) is 10.2 Å². The summed E-state index contributed by atoms with van der Waals surface area (Å²) >= 11 is 0. The van der Waals surface area contributed by atoms with Gasteiger partial charge in [-0.2, -0.15) is 0 Å². The Balaban J connectivity index is 1.85. The maximum atomic E-state index is 12.2. The van der Waals surface area contributed by atoms with E-state index in [9.17, 15) is 13.2 Å². The Hall–Kier alpha value is -1.64. The minimum atomic E-state index is -3.45. The van der Waals surface area contributed by atoms with Gasteiger partial charge in [0.25, 0.3) is 0 Å². The fourth-order valence-corrected chi connectivity index (χ4v) is 3.91. The van der Waals surface area contributed by atoms with Crippen LogP contribution in [-0.2, 0) is 19.6 Å². The Kier molecular flexibility index (Phi) is 8.07. The smallest absolute Gasteiger partial charge is 0.232 e. The molecule has 0 unspecified atom stereocenters. The molecule has 1 aromatic carbocycles. The first-order valence-corrected chi connectivity index (χ1v) is 11.3. The molecule has 1 aliphatic rings. The first-order valence-electron chi connectivity index (χ1n) is 9.42. The lowest BCUT2D eigenvalue weighted by Gasteiger charge is -2.26. The van der Waals surface area contributed by atoms with E-state index < -0.39 is 10.0 Å². The van der Waals surface area contributed by atoms with Crippen molar-refractivity contribution in [3.63, 3.8) is 0 Å². The van der Waals surface area contributed by atoms with Gasteiger partial charge < -0.3 is 10.1 Å². The predicted octanol–water partition coefficient (Wildman–Crippen LogP) is 1.41. The summed E-state index contributed by atoms with van der Waals surface area (Å²) in [6.07, 6.45) is 1.29. The molecule has 0 radical (unpaired) electrons. The predicted molar refractivity (Wildman–Crippen MR) is 108 cm³/mol. The monoisotopic (exact) mass is 397 g/mol. The summed E-state index contributed by atoms with van der Waals surface area (Å²) in [4.78, 5) is 14.4. The summed E-state index contributed by atoms with van der Waals surface area (Å²) in [6.45, 7) is 8.86. The van der Waals surface area contributed by atoms with Gasteiger partial charge in [0.15, 0.2) is 0 Å².